The highest BCUT2D eigenvalue weighted by Gasteiger charge is 2.24. The number of ether oxygens (including phenoxy) is 2. The van der Waals surface area contributed by atoms with E-state index in [9.17, 15) is 12.8 Å². The average Bonchev–Trinajstić information content (AvgIpc) is 2.96. The Morgan fingerprint density at radius 3 is 2.48 bits per heavy atom. The van der Waals surface area contributed by atoms with Crippen molar-refractivity contribution in [2.45, 2.75) is 25.3 Å². The van der Waals surface area contributed by atoms with Crippen LogP contribution in [0.5, 0.6) is 11.5 Å². The van der Waals surface area contributed by atoms with Gasteiger partial charge < -0.3 is 9.47 Å². The molecule has 3 rings (SSSR count). The highest BCUT2D eigenvalue weighted by molar-refractivity contribution is 7.92. The zero-order chi connectivity index (χ0) is 21.2. The Morgan fingerprint density at radius 1 is 1.10 bits per heavy atom. The number of nitrogens with zero attached hydrogens (tertiary/aromatic N) is 2. The molecule has 0 fully saturated rings. The molecule has 0 atom stereocenters. The lowest BCUT2D eigenvalue weighted by Crippen LogP contribution is -2.15. The summed E-state index contributed by atoms with van der Waals surface area (Å²) in [5.74, 6) is 0.227. The molecule has 0 unspecified atom stereocenters. The van der Waals surface area contributed by atoms with Crippen LogP contribution in [-0.2, 0) is 16.6 Å². The lowest BCUT2D eigenvalue weighted by Gasteiger charge is -2.13. The fraction of sp³-hybridized carbons (Fsp3) is 0.250. The van der Waals surface area contributed by atoms with Crippen LogP contribution in [0.2, 0.25) is 0 Å². The molecule has 1 aromatic heterocycles. The van der Waals surface area contributed by atoms with E-state index in [1.807, 2.05) is 0 Å². The Bertz CT molecular complexity index is 1140. The number of nitrogens with one attached hydrogen (secondary N) is 1. The maximum Gasteiger partial charge on any atom is 0.265 e. The van der Waals surface area contributed by atoms with Gasteiger partial charge in [0.05, 0.1) is 37.8 Å². The zero-order valence-electron chi connectivity index (χ0n) is 16.6. The first-order valence-corrected chi connectivity index (χ1v) is 10.3. The van der Waals surface area contributed by atoms with Gasteiger partial charge in [-0.1, -0.05) is 18.2 Å². The van der Waals surface area contributed by atoms with Gasteiger partial charge in [-0.15, -0.1) is 0 Å². The number of aromatic nitrogens is 2. The molecule has 7 nitrogen and oxygen atoms in total. The van der Waals surface area contributed by atoms with Gasteiger partial charge in [0.1, 0.15) is 22.2 Å². The molecule has 1 N–H and O–H groups in total. The maximum absolute atomic E-state index is 14.0. The van der Waals surface area contributed by atoms with Gasteiger partial charge in [0.2, 0.25) is 0 Å². The Balaban J connectivity index is 1.96. The van der Waals surface area contributed by atoms with Crippen molar-refractivity contribution < 1.29 is 22.3 Å². The van der Waals surface area contributed by atoms with Crippen molar-refractivity contribution in [1.29, 1.82) is 0 Å². The van der Waals surface area contributed by atoms with Crippen LogP contribution in [0.25, 0.3) is 0 Å². The molecule has 0 amide bonds. The smallest absolute Gasteiger partial charge is 0.265 e. The van der Waals surface area contributed by atoms with Crippen LogP contribution in [-0.4, -0.2) is 32.4 Å². The fourth-order valence-electron chi connectivity index (χ4n) is 2.97. The van der Waals surface area contributed by atoms with E-state index in [-0.39, 0.29) is 23.0 Å². The lowest BCUT2D eigenvalue weighted by molar-refractivity contribution is 0.392. The second-order valence-electron chi connectivity index (χ2n) is 6.42. The number of anilines is 1. The van der Waals surface area contributed by atoms with Crippen molar-refractivity contribution >= 4 is 15.7 Å². The summed E-state index contributed by atoms with van der Waals surface area (Å²) in [5.41, 5.74) is 1.84. The Labute approximate surface area is 169 Å². The van der Waals surface area contributed by atoms with E-state index in [1.54, 1.807) is 42.8 Å². The summed E-state index contributed by atoms with van der Waals surface area (Å²) in [6.07, 6.45) is 0. The minimum atomic E-state index is -3.98. The van der Waals surface area contributed by atoms with Gasteiger partial charge in [-0.3, -0.25) is 9.40 Å². The first kappa shape index (κ1) is 20.7. The van der Waals surface area contributed by atoms with Gasteiger partial charge in [0.25, 0.3) is 10.0 Å². The third-order valence-electron chi connectivity index (χ3n) is 4.56. The van der Waals surface area contributed by atoms with E-state index in [2.05, 4.69) is 9.82 Å². The summed E-state index contributed by atoms with van der Waals surface area (Å²) < 4.78 is 54.5. The van der Waals surface area contributed by atoms with E-state index < -0.39 is 10.0 Å². The van der Waals surface area contributed by atoms with E-state index in [0.717, 1.165) is 0 Å². The third kappa shape index (κ3) is 4.19. The fourth-order valence-corrected chi connectivity index (χ4v) is 4.33. The van der Waals surface area contributed by atoms with Crippen molar-refractivity contribution in [3.05, 3.63) is 65.2 Å². The molecule has 2 aromatic carbocycles. The number of benzene rings is 2. The highest BCUT2D eigenvalue weighted by atomic mass is 32.2. The molecule has 0 bridgehead atoms. The summed E-state index contributed by atoms with van der Waals surface area (Å²) in [7, 11) is -1.14. The van der Waals surface area contributed by atoms with E-state index >= 15 is 0 Å². The predicted molar refractivity (Wildman–Crippen MR) is 108 cm³/mol. The van der Waals surface area contributed by atoms with Crippen molar-refractivity contribution in [1.82, 2.24) is 9.78 Å². The molecule has 3 aromatic rings. The zero-order valence-corrected chi connectivity index (χ0v) is 17.4. The van der Waals surface area contributed by atoms with E-state index in [1.165, 1.54) is 32.4 Å². The van der Waals surface area contributed by atoms with Crippen LogP contribution in [0.3, 0.4) is 0 Å². The quantitative estimate of drug-likeness (QED) is 0.634. The topological polar surface area (TPSA) is 82.4 Å². The molecule has 29 heavy (non-hydrogen) atoms. The monoisotopic (exact) mass is 419 g/mol. The predicted octanol–water partition coefficient (Wildman–Crippen LogP) is 3.51. The van der Waals surface area contributed by atoms with Crippen molar-refractivity contribution in [3.8, 4) is 11.5 Å². The van der Waals surface area contributed by atoms with Crippen molar-refractivity contribution in [2.24, 2.45) is 0 Å². The lowest BCUT2D eigenvalue weighted by atomic mass is 10.2. The van der Waals surface area contributed by atoms with Crippen LogP contribution >= 0.6 is 0 Å². The minimum Gasteiger partial charge on any atom is -0.497 e. The van der Waals surface area contributed by atoms with Crippen LogP contribution in [0.1, 0.15) is 17.0 Å². The van der Waals surface area contributed by atoms with Crippen LogP contribution < -0.4 is 14.2 Å². The Morgan fingerprint density at radius 2 is 1.83 bits per heavy atom. The second kappa shape index (κ2) is 8.12. The number of methoxy groups -OCH3 is 2. The summed E-state index contributed by atoms with van der Waals surface area (Å²) in [4.78, 5) is -0.0556. The Hall–Kier alpha value is -3.07. The van der Waals surface area contributed by atoms with Gasteiger partial charge in [-0.05, 0) is 32.0 Å². The van der Waals surface area contributed by atoms with Crippen molar-refractivity contribution in [2.75, 3.05) is 18.9 Å². The molecule has 154 valence electrons. The third-order valence-corrected chi connectivity index (χ3v) is 5.93. The SMILES string of the molecule is COc1ccc(OC)c(S(=O)(=O)Nc2c(C)nn(Cc3ccccc3F)c2C)c1. The highest BCUT2D eigenvalue weighted by Crippen LogP contribution is 2.31. The standard InChI is InChI=1S/C20H22FN3O4S/c1-13-20(14(2)24(22-13)12-15-7-5-6-8-17(15)21)23-29(25,26)19-11-16(27-3)9-10-18(19)28-4/h5-11,23H,12H2,1-4H3. The molecular weight excluding hydrogens is 397 g/mol. The summed E-state index contributed by atoms with van der Waals surface area (Å²) in [5, 5.41) is 4.37. The van der Waals surface area contributed by atoms with Gasteiger partial charge in [0, 0.05) is 11.6 Å². The van der Waals surface area contributed by atoms with Gasteiger partial charge >= 0.3 is 0 Å². The molecule has 9 heteroatoms. The van der Waals surface area contributed by atoms with Gasteiger partial charge in [-0.2, -0.15) is 5.10 Å². The minimum absolute atomic E-state index is 0.0556. The molecule has 0 saturated heterocycles. The first-order chi connectivity index (χ1) is 13.8. The number of hydrogen-bond acceptors (Lipinski definition) is 5. The average molecular weight is 419 g/mol. The van der Waals surface area contributed by atoms with Gasteiger partial charge in [-0.25, -0.2) is 12.8 Å². The molecule has 0 radical (unpaired) electrons. The summed E-state index contributed by atoms with van der Waals surface area (Å²) >= 11 is 0. The summed E-state index contributed by atoms with van der Waals surface area (Å²) in [6.45, 7) is 3.59. The summed E-state index contributed by atoms with van der Waals surface area (Å²) in [6, 6.07) is 10.9. The van der Waals surface area contributed by atoms with E-state index in [0.29, 0.717) is 28.4 Å². The number of aryl methyl sites for hydroxylation is 1. The molecular formula is C20H22FN3O4S. The normalized spacial score (nSPS) is 11.3. The number of rotatable bonds is 7. The van der Waals surface area contributed by atoms with Crippen LogP contribution in [0, 0.1) is 19.7 Å². The molecule has 0 spiro atoms. The van der Waals surface area contributed by atoms with Crippen LogP contribution in [0.4, 0.5) is 10.1 Å². The maximum atomic E-state index is 14.0. The number of sulfonamides is 1. The molecule has 0 aliphatic heterocycles. The van der Waals surface area contributed by atoms with Gasteiger partial charge in [0.15, 0.2) is 0 Å². The number of hydrogen-bond donors (Lipinski definition) is 1. The molecule has 0 aliphatic rings. The van der Waals surface area contributed by atoms with Crippen LogP contribution in [0.15, 0.2) is 47.4 Å². The van der Waals surface area contributed by atoms with E-state index in [4.69, 9.17) is 9.47 Å². The second-order valence-corrected chi connectivity index (χ2v) is 8.07. The first-order valence-electron chi connectivity index (χ1n) is 8.79. The largest absolute Gasteiger partial charge is 0.497 e. The molecule has 1 heterocycles. The molecule has 0 saturated carbocycles. The van der Waals surface area contributed by atoms with Crippen molar-refractivity contribution in [3.63, 3.8) is 0 Å². The Kier molecular flexibility index (Phi) is 5.78. The molecule has 0 aliphatic carbocycles. The number of halogens is 1.